The SMILES string of the molecule is CN=C(NCCCc1ccc(C(C)C)cc1)NCC(C)N1CCN(C)CC1.I. The Morgan fingerprint density at radius 3 is 2.25 bits per heavy atom. The van der Waals surface area contributed by atoms with Gasteiger partial charge in [-0.25, -0.2) is 0 Å². The molecule has 1 atom stereocenters. The van der Waals surface area contributed by atoms with Crippen LogP contribution in [0.3, 0.4) is 0 Å². The molecule has 1 heterocycles. The number of aliphatic imine (C=N–C) groups is 1. The van der Waals surface area contributed by atoms with E-state index < -0.39 is 0 Å². The van der Waals surface area contributed by atoms with Gasteiger partial charge in [-0.1, -0.05) is 38.1 Å². The Labute approximate surface area is 189 Å². The second-order valence-corrected chi connectivity index (χ2v) is 8.07. The van der Waals surface area contributed by atoms with Gasteiger partial charge < -0.3 is 15.5 Å². The van der Waals surface area contributed by atoms with Crippen molar-refractivity contribution >= 4 is 29.9 Å². The molecule has 2 rings (SSSR count). The summed E-state index contributed by atoms with van der Waals surface area (Å²) in [6, 6.07) is 9.57. The number of hydrogen-bond donors (Lipinski definition) is 2. The fraction of sp³-hybridized carbons (Fsp3) is 0.682. The minimum Gasteiger partial charge on any atom is -0.356 e. The number of hydrogen-bond acceptors (Lipinski definition) is 3. The van der Waals surface area contributed by atoms with Crippen LogP contribution in [0.15, 0.2) is 29.3 Å². The molecule has 0 amide bonds. The summed E-state index contributed by atoms with van der Waals surface area (Å²) in [4.78, 5) is 9.31. The fourth-order valence-corrected chi connectivity index (χ4v) is 3.43. The van der Waals surface area contributed by atoms with Gasteiger partial charge in [0.1, 0.15) is 0 Å². The maximum Gasteiger partial charge on any atom is 0.191 e. The topological polar surface area (TPSA) is 42.9 Å². The lowest BCUT2D eigenvalue weighted by Gasteiger charge is -2.36. The summed E-state index contributed by atoms with van der Waals surface area (Å²) in [6.45, 7) is 13.3. The van der Waals surface area contributed by atoms with Crippen LogP contribution in [0.1, 0.15) is 44.2 Å². The zero-order valence-electron chi connectivity index (χ0n) is 18.4. The summed E-state index contributed by atoms with van der Waals surface area (Å²) in [7, 11) is 4.05. The van der Waals surface area contributed by atoms with E-state index in [0.717, 1.165) is 58.1 Å². The molecule has 160 valence electrons. The molecule has 0 saturated carbocycles. The number of nitrogens with zero attached hydrogens (tertiary/aromatic N) is 3. The Hall–Kier alpha value is -0.860. The Kier molecular flexibility index (Phi) is 12.0. The van der Waals surface area contributed by atoms with E-state index in [1.807, 2.05) is 7.05 Å². The van der Waals surface area contributed by atoms with Crippen molar-refractivity contribution in [1.29, 1.82) is 0 Å². The van der Waals surface area contributed by atoms with E-state index in [-0.39, 0.29) is 24.0 Å². The first-order valence-corrected chi connectivity index (χ1v) is 10.5. The van der Waals surface area contributed by atoms with Crippen molar-refractivity contribution in [1.82, 2.24) is 20.4 Å². The van der Waals surface area contributed by atoms with Gasteiger partial charge in [-0.3, -0.25) is 9.89 Å². The lowest BCUT2D eigenvalue weighted by atomic mass is 10.0. The average molecular weight is 502 g/mol. The molecule has 0 radical (unpaired) electrons. The molecule has 0 bridgehead atoms. The van der Waals surface area contributed by atoms with Crippen molar-refractivity contribution in [2.75, 3.05) is 53.4 Å². The second kappa shape index (κ2) is 13.4. The van der Waals surface area contributed by atoms with Crippen LogP contribution in [0, 0.1) is 0 Å². The standard InChI is InChI=1S/C22H39N5.HI/c1-18(2)21-10-8-20(9-11-21)7-6-12-24-22(23-4)25-17-19(3)27-15-13-26(5)14-16-27;/h8-11,18-19H,6-7,12-17H2,1-5H3,(H2,23,24,25);1H. The average Bonchev–Trinajstić information content (AvgIpc) is 2.68. The predicted molar refractivity (Wildman–Crippen MR) is 132 cm³/mol. The highest BCUT2D eigenvalue weighted by Crippen LogP contribution is 2.15. The number of nitrogens with one attached hydrogen (secondary N) is 2. The zero-order chi connectivity index (χ0) is 19.6. The molecular weight excluding hydrogens is 461 g/mol. The molecular formula is C22H40IN5. The Morgan fingerprint density at radius 2 is 1.68 bits per heavy atom. The fourth-order valence-electron chi connectivity index (χ4n) is 3.43. The van der Waals surface area contributed by atoms with Gasteiger partial charge in [-0.05, 0) is 43.9 Å². The first kappa shape index (κ1) is 25.2. The van der Waals surface area contributed by atoms with E-state index in [4.69, 9.17) is 0 Å². The molecule has 1 aliphatic heterocycles. The number of piperazine rings is 1. The van der Waals surface area contributed by atoms with Crippen LogP contribution >= 0.6 is 24.0 Å². The molecule has 0 spiro atoms. The molecule has 28 heavy (non-hydrogen) atoms. The van der Waals surface area contributed by atoms with Crippen molar-refractivity contribution in [2.24, 2.45) is 4.99 Å². The molecule has 0 aliphatic carbocycles. The molecule has 5 nitrogen and oxygen atoms in total. The zero-order valence-corrected chi connectivity index (χ0v) is 20.7. The van der Waals surface area contributed by atoms with Crippen LogP contribution in [0.4, 0.5) is 0 Å². The molecule has 6 heteroatoms. The van der Waals surface area contributed by atoms with Crippen LogP contribution < -0.4 is 10.6 Å². The molecule has 1 fully saturated rings. The van der Waals surface area contributed by atoms with Crippen LogP contribution in [0.5, 0.6) is 0 Å². The van der Waals surface area contributed by atoms with Crippen molar-refractivity contribution in [3.8, 4) is 0 Å². The summed E-state index contributed by atoms with van der Waals surface area (Å²) in [6.07, 6.45) is 2.20. The summed E-state index contributed by atoms with van der Waals surface area (Å²) in [5.74, 6) is 1.51. The lowest BCUT2D eigenvalue weighted by Crippen LogP contribution is -2.52. The number of rotatable bonds is 8. The summed E-state index contributed by atoms with van der Waals surface area (Å²) in [5, 5.41) is 6.93. The number of likely N-dealkylation sites (N-methyl/N-ethyl adjacent to an activating group) is 1. The van der Waals surface area contributed by atoms with Gasteiger partial charge in [-0.2, -0.15) is 0 Å². The van der Waals surface area contributed by atoms with Gasteiger partial charge in [0.05, 0.1) is 0 Å². The largest absolute Gasteiger partial charge is 0.356 e. The van der Waals surface area contributed by atoms with Crippen LogP contribution in [0.25, 0.3) is 0 Å². The smallest absolute Gasteiger partial charge is 0.191 e. The Morgan fingerprint density at radius 1 is 1.04 bits per heavy atom. The third kappa shape index (κ3) is 8.66. The molecule has 2 N–H and O–H groups in total. The van der Waals surface area contributed by atoms with Crippen LogP contribution in [-0.4, -0.2) is 75.2 Å². The van der Waals surface area contributed by atoms with E-state index in [1.165, 1.54) is 11.1 Å². The highest BCUT2D eigenvalue weighted by Gasteiger charge is 2.18. The first-order valence-electron chi connectivity index (χ1n) is 10.5. The summed E-state index contributed by atoms with van der Waals surface area (Å²) in [5.41, 5.74) is 2.82. The van der Waals surface area contributed by atoms with Gasteiger partial charge in [0.2, 0.25) is 0 Å². The molecule has 1 unspecified atom stereocenters. The lowest BCUT2D eigenvalue weighted by molar-refractivity contribution is 0.120. The van der Waals surface area contributed by atoms with Gasteiger partial charge in [-0.15, -0.1) is 24.0 Å². The van der Waals surface area contributed by atoms with E-state index in [1.54, 1.807) is 0 Å². The van der Waals surface area contributed by atoms with Gasteiger partial charge in [0.25, 0.3) is 0 Å². The van der Waals surface area contributed by atoms with E-state index >= 15 is 0 Å². The normalized spacial score (nSPS) is 17.3. The molecule has 1 saturated heterocycles. The van der Waals surface area contributed by atoms with Crippen LogP contribution in [-0.2, 0) is 6.42 Å². The number of aryl methyl sites for hydroxylation is 1. The quantitative estimate of drug-likeness (QED) is 0.249. The monoisotopic (exact) mass is 501 g/mol. The number of halogens is 1. The Bertz CT molecular complexity index is 565. The van der Waals surface area contributed by atoms with E-state index in [0.29, 0.717) is 12.0 Å². The highest BCUT2D eigenvalue weighted by atomic mass is 127. The van der Waals surface area contributed by atoms with Crippen molar-refractivity contribution in [2.45, 2.75) is 45.6 Å². The number of benzene rings is 1. The van der Waals surface area contributed by atoms with Crippen molar-refractivity contribution < 1.29 is 0 Å². The van der Waals surface area contributed by atoms with E-state index in [2.05, 4.69) is 77.5 Å². The number of guanidine groups is 1. The Balaban J connectivity index is 0.00000392. The van der Waals surface area contributed by atoms with Crippen LogP contribution in [0.2, 0.25) is 0 Å². The third-order valence-corrected chi connectivity index (χ3v) is 5.53. The third-order valence-electron chi connectivity index (χ3n) is 5.53. The van der Waals surface area contributed by atoms with Gasteiger partial charge >= 0.3 is 0 Å². The van der Waals surface area contributed by atoms with Gasteiger partial charge in [0.15, 0.2) is 5.96 Å². The minimum absolute atomic E-state index is 0. The minimum atomic E-state index is 0. The molecule has 1 aromatic carbocycles. The maximum atomic E-state index is 4.36. The predicted octanol–water partition coefficient (Wildman–Crippen LogP) is 3.16. The van der Waals surface area contributed by atoms with Gasteiger partial charge in [0, 0.05) is 52.4 Å². The first-order chi connectivity index (χ1) is 13.0. The van der Waals surface area contributed by atoms with Crippen molar-refractivity contribution in [3.05, 3.63) is 35.4 Å². The molecule has 1 aromatic rings. The van der Waals surface area contributed by atoms with E-state index in [9.17, 15) is 0 Å². The molecule has 0 aromatic heterocycles. The highest BCUT2D eigenvalue weighted by molar-refractivity contribution is 14.0. The second-order valence-electron chi connectivity index (χ2n) is 8.07. The van der Waals surface area contributed by atoms with Crippen molar-refractivity contribution in [3.63, 3.8) is 0 Å². The maximum absolute atomic E-state index is 4.36. The summed E-state index contributed by atoms with van der Waals surface area (Å²) >= 11 is 0. The summed E-state index contributed by atoms with van der Waals surface area (Å²) < 4.78 is 0. The molecule has 1 aliphatic rings.